The molecule has 1 saturated carbocycles. The average Bonchev–Trinajstić information content (AvgIpc) is 3.23. The van der Waals surface area contributed by atoms with Crippen molar-refractivity contribution in [1.82, 2.24) is 14.9 Å². The Kier molecular flexibility index (Phi) is 3.90. The summed E-state index contributed by atoms with van der Waals surface area (Å²) >= 11 is -1.00. The molecule has 1 N–H and O–H groups in total. The van der Waals surface area contributed by atoms with Crippen molar-refractivity contribution in [2.75, 3.05) is 7.11 Å². The summed E-state index contributed by atoms with van der Waals surface area (Å²) in [6.07, 6.45) is 2.05. The first kappa shape index (κ1) is 13.4. The van der Waals surface area contributed by atoms with Gasteiger partial charge in [-0.15, -0.1) is 14.9 Å². The van der Waals surface area contributed by atoms with E-state index < -0.39 is 11.4 Å². The van der Waals surface area contributed by atoms with E-state index in [4.69, 9.17) is 9.15 Å². The smallest absolute Gasteiger partial charge is 0.251 e. The highest BCUT2D eigenvalue weighted by Gasteiger charge is 2.34. The van der Waals surface area contributed by atoms with Crippen LogP contribution < -0.4 is 9.46 Å². The first-order valence-electron chi connectivity index (χ1n) is 6.38. The van der Waals surface area contributed by atoms with Gasteiger partial charge in [0.2, 0.25) is 5.89 Å². The molecule has 0 aliphatic heterocycles. The van der Waals surface area contributed by atoms with Gasteiger partial charge in [-0.05, 0) is 12.1 Å². The number of methoxy groups -OCH3 is 1. The van der Waals surface area contributed by atoms with Crippen LogP contribution in [0.1, 0.15) is 18.7 Å². The quantitative estimate of drug-likeness (QED) is 0.816. The number of rotatable bonds is 6. The van der Waals surface area contributed by atoms with E-state index >= 15 is 0 Å². The van der Waals surface area contributed by atoms with Crippen LogP contribution in [-0.2, 0) is 17.9 Å². The Bertz CT molecular complexity index is 586. The van der Waals surface area contributed by atoms with Crippen LogP contribution in [-0.4, -0.2) is 27.1 Å². The van der Waals surface area contributed by atoms with Crippen molar-refractivity contribution in [3.63, 3.8) is 0 Å². The molecule has 1 aromatic carbocycles. The summed E-state index contributed by atoms with van der Waals surface area (Å²) in [5.41, 5.74) is 0.747. The summed E-state index contributed by atoms with van der Waals surface area (Å²) in [6, 6.07) is 7.44. The fourth-order valence-corrected chi connectivity index (χ4v) is 2.85. The van der Waals surface area contributed by atoms with E-state index in [1.807, 2.05) is 24.3 Å². The van der Waals surface area contributed by atoms with Crippen LogP contribution in [0.25, 0.3) is 11.5 Å². The third-order valence-electron chi connectivity index (χ3n) is 3.00. The van der Waals surface area contributed by atoms with Crippen LogP contribution in [0.2, 0.25) is 0 Å². The molecule has 106 valence electrons. The lowest BCUT2D eigenvalue weighted by molar-refractivity contribution is 0.413. The molecule has 0 saturated heterocycles. The molecule has 6 nitrogen and oxygen atoms in total. The van der Waals surface area contributed by atoms with Gasteiger partial charge in [-0.1, -0.05) is 12.1 Å². The Balaban J connectivity index is 1.69. The summed E-state index contributed by atoms with van der Waals surface area (Å²) in [6.45, 7) is 0.311. The van der Waals surface area contributed by atoms with E-state index in [9.17, 15) is 4.55 Å². The van der Waals surface area contributed by atoms with E-state index in [-0.39, 0.29) is 5.25 Å². The lowest BCUT2D eigenvalue weighted by atomic mass is 10.2. The predicted octanol–water partition coefficient (Wildman–Crippen LogP) is 1.66. The van der Waals surface area contributed by atoms with Crippen molar-refractivity contribution in [2.24, 2.45) is 0 Å². The van der Waals surface area contributed by atoms with Gasteiger partial charge in [-0.25, -0.2) is 0 Å². The third-order valence-corrected chi connectivity index (χ3v) is 4.50. The van der Waals surface area contributed by atoms with Gasteiger partial charge >= 0.3 is 0 Å². The maximum absolute atomic E-state index is 11.6. The molecule has 0 amide bonds. The minimum Gasteiger partial charge on any atom is -0.598 e. The molecule has 1 aromatic heterocycles. The Morgan fingerprint density at radius 3 is 2.95 bits per heavy atom. The van der Waals surface area contributed by atoms with E-state index in [2.05, 4.69) is 14.9 Å². The van der Waals surface area contributed by atoms with Crippen molar-refractivity contribution in [1.29, 1.82) is 0 Å². The molecule has 3 rings (SSSR count). The number of ether oxygens (including phenoxy) is 1. The number of para-hydroxylation sites is 1. The number of nitrogens with one attached hydrogen (secondary N) is 1. The average molecular weight is 293 g/mol. The highest BCUT2D eigenvalue weighted by Crippen LogP contribution is 2.29. The van der Waals surface area contributed by atoms with E-state index in [0.717, 1.165) is 18.4 Å². The van der Waals surface area contributed by atoms with Crippen LogP contribution in [0.3, 0.4) is 0 Å². The zero-order chi connectivity index (χ0) is 13.9. The normalized spacial score (nSPS) is 16.1. The molecule has 1 atom stereocenters. The molecule has 0 bridgehead atoms. The molecule has 2 aromatic rings. The Morgan fingerprint density at radius 1 is 1.40 bits per heavy atom. The Morgan fingerprint density at radius 2 is 2.20 bits per heavy atom. The molecule has 1 fully saturated rings. The molecule has 1 heterocycles. The first-order valence-corrected chi connectivity index (χ1v) is 7.59. The van der Waals surface area contributed by atoms with Crippen LogP contribution in [0.4, 0.5) is 0 Å². The summed E-state index contributed by atoms with van der Waals surface area (Å²) in [5, 5.41) is 8.23. The van der Waals surface area contributed by atoms with Crippen molar-refractivity contribution in [2.45, 2.75) is 24.6 Å². The third kappa shape index (κ3) is 2.95. The largest absolute Gasteiger partial charge is 0.598 e. The Labute approximate surface area is 119 Å². The second-order valence-corrected chi connectivity index (χ2v) is 6.07. The minimum absolute atomic E-state index is 0.284. The zero-order valence-electron chi connectivity index (χ0n) is 11.0. The molecule has 0 radical (unpaired) electrons. The lowest BCUT2D eigenvalue weighted by Crippen LogP contribution is -2.26. The molecule has 20 heavy (non-hydrogen) atoms. The van der Waals surface area contributed by atoms with Gasteiger partial charge in [0.15, 0.2) is 0 Å². The molecule has 7 heteroatoms. The van der Waals surface area contributed by atoms with Crippen LogP contribution in [0, 0.1) is 0 Å². The monoisotopic (exact) mass is 293 g/mol. The summed E-state index contributed by atoms with van der Waals surface area (Å²) in [5.74, 6) is 1.49. The molecular weight excluding hydrogens is 278 g/mol. The fraction of sp³-hybridized carbons (Fsp3) is 0.385. The van der Waals surface area contributed by atoms with Crippen molar-refractivity contribution in [3.05, 3.63) is 30.2 Å². The SMILES string of the molecule is COc1ccccc1-c1nnc(CN[S+]([O-])C2CC2)o1. The zero-order valence-corrected chi connectivity index (χ0v) is 11.9. The topological polar surface area (TPSA) is 83.2 Å². The van der Waals surface area contributed by atoms with Gasteiger partial charge in [0, 0.05) is 24.2 Å². The van der Waals surface area contributed by atoms with Gasteiger partial charge in [0.25, 0.3) is 5.89 Å². The highest BCUT2D eigenvalue weighted by molar-refractivity contribution is 7.90. The minimum atomic E-state index is -1.00. The van der Waals surface area contributed by atoms with Crippen molar-refractivity contribution >= 4 is 11.4 Å². The number of nitrogens with zero attached hydrogens (tertiary/aromatic N) is 2. The van der Waals surface area contributed by atoms with E-state index in [1.165, 1.54) is 0 Å². The molecule has 1 unspecified atom stereocenters. The summed E-state index contributed by atoms with van der Waals surface area (Å²) < 4.78 is 25.4. The Hall–Kier alpha value is -1.57. The van der Waals surface area contributed by atoms with Gasteiger partial charge in [0.1, 0.15) is 17.5 Å². The van der Waals surface area contributed by atoms with E-state index in [0.29, 0.717) is 24.1 Å². The standard InChI is InChI=1S/C13H15N3O3S/c1-18-11-5-3-2-4-10(11)13-16-15-12(19-13)8-14-20(17)9-6-7-9/h2-5,9,14H,6-8H2,1H3. The maximum atomic E-state index is 11.6. The molecule has 1 aliphatic carbocycles. The van der Waals surface area contributed by atoms with Gasteiger partial charge in [-0.3, -0.25) is 0 Å². The van der Waals surface area contributed by atoms with Crippen LogP contribution in [0.5, 0.6) is 5.75 Å². The van der Waals surface area contributed by atoms with Crippen LogP contribution in [0.15, 0.2) is 28.7 Å². The van der Waals surface area contributed by atoms with Gasteiger partial charge in [0.05, 0.1) is 12.7 Å². The number of hydrogen-bond donors (Lipinski definition) is 1. The molecule has 0 spiro atoms. The van der Waals surface area contributed by atoms with E-state index in [1.54, 1.807) is 7.11 Å². The fourth-order valence-electron chi connectivity index (χ4n) is 1.79. The predicted molar refractivity (Wildman–Crippen MR) is 74.3 cm³/mol. The molecular formula is C13H15N3O3S. The second kappa shape index (κ2) is 5.82. The van der Waals surface area contributed by atoms with Crippen molar-refractivity contribution < 1.29 is 13.7 Å². The number of benzene rings is 1. The molecule has 1 aliphatic rings. The summed E-state index contributed by atoms with van der Waals surface area (Å²) in [7, 11) is 1.59. The summed E-state index contributed by atoms with van der Waals surface area (Å²) in [4.78, 5) is 0. The highest BCUT2D eigenvalue weighted by atomic mass is 32.2. The van der Waals surface area contributed by atoms with Crippen molar-refractivity contribution in [3.8, 4) is 17.2 Å². The van der Waals surface area contributed by atoms with Gasteiger partial charge < -0.3 is 13.7 Å². The van der Waals surface area contributed by atoms with Crippen LogP contribution >= 0.6 is 0 Å². The first-order chi connectivity index (χ1) is 9.78. The number of hydrogen-bond acceptors (Lipinski definition) is 6. The second-order valence-electron chi connectivity index (χ2n) is 4.52. The lowest BCUT2D eigenvalue weighted by Gasteiger charge is -2.07. The van der Waals surface area contributed by atoms with Gasteiger partial charge in [-0.2, -0.15) is 0 Å². The number of aromatic nitrogens is 2. The maximum Gasteiger partial charge on any atom is 0.251 e.